The van der Waals surface area contributed by atoms with Gasteiger partial charge in [-0.3, -0.25) is 0 Å². The Kier molecular flexibility index (Phi) is 7.60. The minimum Gasteiger partial charge on any atom is -0.0616 e. The maximum atomic E-state index is 2.36. The van der Waals surface area contributed by atoms with Crippen LogP contribution in [0.25, 0.3) is 109 Å². The molecule has 0 aliphatic carbocycles. The van der Waals surface area contributed by atoms with Crippen molar-refractivity contribution in [2.45, 2.75) is 0 Å². The molecule has 0 N–H and O–H groups in total. The summed E-state index contributed by atoms with van der Waals surface area (Å²) >= 11 is 0. The van der Waals surface area contributed by atoms with Gasteiger partial charge in [0.25, 0.3) is 0 Å². The van der Waals surface area contributed by atoms with Crippen molar-refractivity contribution < 1.29 is 0 Å². The molecule has 0 aliphatic rings. The molecule has 0 spiro atoms. The Balaban J connectivity index is 1.32. The normalized spacial score (nSPS) is 11.6. The van der Waals surface area contributed by atoms with E-state index in [1.165, 1.54) is 109 Å². The van der Waals surface area contributed by atoms with Crippen LogP contribution in [0.4, 0.5) is 0 Å². The molecule has 56 heavy (non-hydrogen) atoms. The van der Waals surface area contributed by atoms with Crippen LogP contribution in [-0.2, 0) is 0 Å². The summed E-state index contributed by atoms with van der Waals surface area (Å²) in [5.74, 6) is 0. The first-order valence-electron chi connectivity index (χ1n) is 19.4. The molecule has 0 aromatic heterocycles. The lowest BCUT2D eigenvalue weighted by atomic mass is 9.79. The highest BCUT2D eigenvalue weighted by Gasteiger charge is 2.24. The third kappa shape index (κ3) is 5.08. The van der Waals surface area contributed by atoms with E-state index in [4.69, 9.17) is 0 Å². The van der Waals surface area contributed by atoms with Crippen LogP contribution in [0.3, 0.4) is 0 Å². The number of rotatable bonds is 5. The molecule has 0 heterocycles. The van der Waals surface area contributed by atoms with Gasteiger partial charge in [0.05, 0.1) is 0 Å². The Morgan fingerprint density at radius 1 is 0.161 bits per heavy atom. The third-order valence-electron chi connectivity index (χ3n) is 11.7. The van der Waals surface area contributed by atoms with Crippen molar-refractivity contribution in [2.24, 2.45) is 0 Å². The van der Waals surface area contributed by atoms with Gasteiger partial charge in [0, 0.05) is 0 Å². The van der Waals surface area contributed by atoms with Crippen LogP contribution in [0.5, 0.6) is 0 Å². The van der Waals surface area contributed by atoms with Gasteiger partial charge in [-0.25, -0.2) is 0 Å². The SMILES string of the molecule is c1ccc(-c2c3ccccc3c(-c3ccccc3-c3cccc4ccccc34)c3c(-c4cccc5ccccc45)cccc23)c(-c2cccc3ccccc23)c1. The van der Waals surface area contributed by atoms with Gasteiger partial charge < -0.3 is 0 Å². The van der Waals surface area contributed by atoms with Gasteiger partial charge in [0.15, 0.2) is 0 Å². The van der Waals surface area contributed by atoms with Crippen molar-refractivity contribution in [2.75, 3.05) is 0 Å². The van der Waals surface area contributed by atoms with Crippen molar-refractivity contribution in [3.63, 3.8) is 0 Å². The van der Waals surface area contributed by atoms with Crippen molar-refractivity contribution in [1.29, 1.82) is 0 Å². The molecule has 0 aliphatic heterocycles. The molecule has 11 aromatic carbocycles. The van der Waals surface area contributed by atoms with E-state index in [2.05, 4.69) is 218 Å². The van der Waals surface area contributed by atoms with Crippen LogP contribution in [-0.4, -0.2) is 0 Å². The average molecular weight is 709 g/mol. The van der Waals surface area contributed by atoms with Crippen LogP contribution >= 0.6 is 0 Å². The van der Waals surface area contributed by atoms with E-state index in [0.29, 0.717) is 0 Å². The summed E-state index contributed by atoms with van der Waals surface area (Å²) in [5.41, 5.74) is 12.4. The monoisotopic (exact) mass is 708 g/mol. The molecule has 0 atom stereocenters. The maximum absolute atomic E-state index is 2.36. The minimum absolute atomic E-state index is 1.23. The molecule has 0 heteroatoms. The third-order valence-corrected chi connectivity index (χ3v) is 11.7. The predicted octanol–water partition coefficient (Wildman–Crippen LogP) is 15.8. The van der Waals surface area contributed by atoms with Gasteiger partial charge in [-0.2, -0.15) is 0 Å². The van der Waals surface area contributed by atoms with Crippen molar-refractivity contribution in [3.05, 3.63) is 218 Å². The Hall–Kier alpha value is -7.28. The summed E-state index contributed by atoms with van der Waals surface area (Å²) < 4.78 is 0. The molecule has 11 rings (SSSR count). The molecule has 0 unspecified atom stereocenters. The van der Waals surface area contributed by atoms with E-state index >= 15 is 0 Å². The Morgan fingerprint density at radius 2 is 0.446 bits per heavy atom. The second-order valence-electron chi connectivity index (χ2n) is 14.7. The van der Waals surface area contributed by atoms with Gasteiger partial charge in [-0.1, -0.05) is 218 Å². The van der Waals surface area contributed by atoms with Gasteiger partial charge in [-0.15, -0.1) is 0 Å². The van der Waals surface area contributed by atoms with E-state index in [1.54, 1.807) is 0 Å². The highest BCUT2D eigenvalue weighted by atomic mass is 14.3. The van der Waals surface area contributed by atoms with E-state index in [-0.39, 0.29) is 0 Å². The standard InChI is InChI=1S/C56H36/c1-4-23-40-37(17-1)20-13-32-43(40)46-26-7-9-28-48(46)54-51-30-11-12-31-52(51)55(49-29-10-8-27-47(49)44-33-14-21-38-18-2-5-24-41(38)44)56-50(35-16-36-53(54)56)45-34-15-22-39-19-3-6-25-42(39)45/h1-36H. The molecule has 260 valence electrons. The van der Waals surface area contributed by atoms with E-state index < -0.39 is 0 Å². The highest BCUT2D eigenvalue weighted by molar-refractivity contribution is 6.27. The predicted molar refractivity (Wildman–Crippen MR) is 241 cm³/mol. The first-order valence-corrected chi connectivity index (χ1v) is 19.4. The van der Waals surface area contributed by atoms with E-state index in [1.807, 2.05) is 0 Å². The van der Waals surface area contributed by atoms with Crippen LogP contribution in [0, 0.1) is 0 Å². The van der Waals surface area contributed by atoms with Gasteiger partial charge >= 0.3 is 0 Å². The molecule has 0 bridgehead atoms. The average Bonchev–Trinajstić information content (AvgIpc) is 3.27. The molecule has 0 saturated carbocycles. The highest BCUT2D eigenvalue weighted by Crippen LogP contribution is 2.51. The van der Waals surface area contributed by atoms with Crippen LogP contribution < -0.4 is 0 Å². The van der Waals surface area contributed by atoms with Crippen LogP contribution in [0.15, 0.2) is 218 Å². The van der Waals surface area contributed by atoms with Crippen molar-refractivity contribution in [3.8, 4) is 55.6 Å². The molecule has 0 nitrogen and oxygen atoms in total. The molecular weight excluding hydrogens is 673 g/mol. The zero-order valence-electron chi connectivity index (χ0n) is 30.8. The van der Waals surface area contributed by atoms with Crippen LogP contribution in [0.1, 0.15) is 0 Å². The fraction of sp³-hybridized carbons (Fsp3) is 0. The topological polar surface area (TPSA) is 0 Å². The van der Waals surface area contributed by atoms with Crippen molar-refractivity contribution >= 4 is 53.9 Å². The first kappa shape index (κ1) is 32.2. The van der Waals surface area contributed by atoms with Crippen molar-refractivity contribution in [1.82, 2.24) is 0 Å². The summed E-state index contributed by atoms with van der Waals surface area (Å²) in [6.07, 6.45) is 0. The number of hydrogen-bond donors (Lipinski definition) is 0. The van der Waals surface area contributed by atoms with Gasteiger partial charge in [0.1, 0.15) is 0 Å². The second-order valence-corrected chi connectivity index (χ2v) is 14.7. The summed E-state index contributed by atoms with van der Waals surface area (Å²) in [4.78, 5) is 0. The Bertz CT molecular complexity index is 3290. The molecule has 0 radical (unpaired) electrons. The molecule has 0 amide bonds. The summed E-state index contributed by atoms with van der Waals surface area (Å²) in [7, 11) is 0. The summed E-state index contributed by atoms with van der Waals surface area (Å²) in [6, 6.07) is 80.5. The fourth-order valence-corrected chi connectivity index (χ4v) is 9.28. The second kappa shape index (κ2) is 13.2. The lowest BCUT2D eigenvalue weighted by Crippen LogP contribution is -1.96. The minimum atomic E-state index is 1.23. The van der Waals surface area contributed by atoms with E-state index in [9.17, 15) is 0 Å². The molecule has 11 aromatic rings. The van der Waals surface area contributed by atoms with Crippen LogP contribution in [0.2, 0.25) is 0 Å². The Labute approximate surface area is 326 Å². The lowest BCUT2D eigenvalue weighted by molar-refractivity contribution is 1.61. The lowest BCUT2D eigenvalue weighted by Gasteiger charge is -2.23. The summed E-state index contributed by atoms with van der Waals surface area (Å²) in [5, 5.41) is 12.5. The smallest absolute Gasteiger partial charge is 0.00137 e. The Morgan fingerprint density at radius 3 is 0.946 bits per heavy atom. The number of fused-ring (bicyclic) bond motifs is 5. The molecule has 0 fully saturated rings. The largest absolute Gasteiger partial charge is 0.0616 e. The number of hydrogen-bond acceptors (Lipinski definition) is 0. The fourth-order valence-electron chi connectivity index (χ4n) is 9.28. The zero-order chi connectivity index (χ0) is 37.0. The molecular formula is C56H36. The first-order chi connectivity index (χ1) is 27.8. The quantitative estimate of drug-likeness (QED) is 0.156. The van der Waals surface area contributed by atoms with Gasteiger partial charge in [0.2, 0.25) is 0 Å². The zero-order valence-corrected chi connectivity index (χ0v) is 30.8. The van der Waals surface area contributed by atoms with E-state index in [0.717, 1.165) is 0 Å². The summed E-state index contributed by atoms with van der Waals surface area (Å²) in [6.45, 7) is 0. The number of benzene rings is 11. The maximum Gasteiger partial charge on any atom is -0.00137 e. The molecule has 0 saturated heterocycles. The van der Waals surface area contributed by atoms with Gasteiger partial charge in [-0.05, 0) is 109 Å².